The molecule has 0 aliphatic carbocycles. The Hall–Kier alpha value is -1.62. The van der Waals surface area contributed by atoms with Gasteiger partial charge in [-0.2, -0.15) is 5.10 Å². The van der Waals surface area contributed by atoms with Crippen molar-refractivity contribution in [3.63, 3.8) is 0 Å². The minimum atomic E-state index is -0.135. The number of hydrogen-bond donors (Lipinski definition) is 1. The van der Waals surface area contributed by atoms with Crippen LogP contribution in [0.25, 0.3) is 5.69 Å². The fraction of sp³-hybridized carbons (Fsp3) is 0.286. The molecule has 1 unspecified atom stereocenters. The number of carbonyl (C=O) groups is 1. The first-order valence-electron chi connectivity index (χ1n) is 6.22. The van der Waals surface area contributed by atoms with Crippen LogP contribution >= 0.6 is 15.9 Å². The predicted molar refractivity (Wildman–Crippen MR) is 78.4 cm³/mol. The van der Waals surface area contributed by atoms with Gasteiger partial charge in [0.2, 0.25) is 5.91 Å². The maximum absolute atomic E-state index is 11.8. The first-order chi connectivity index (χ1) is 9.22. The van der Waals surface area contributed by atoms with E-state index < -0.39 is 0 Å². The third kappa shape index (κ3) is 3.44. The van der Waals surface area contributed by atoms with Gasteiger partial charge in [-0.05, 0) is 24.1 Å². The van der Waals surface area contributed by atoms with Gasteiger partial charge >= 0.3 is 0 Å². The molecule has 4 nitrogen and oxygen atoms in total. The number of amides is 1. The average Bonchev–Trinajstić information content (AvgIpc) is 2.98. The van der Waals surface area contributed by atoms with Gasteiger partial charge in [0.15, 0.2) is 0 Å². The van der Waals surface area contributed by atoms with Crippen LogP contribution in [-0.2, 0) is 11.3 Å². The lowest BCUT2D eigenvalue weighted by atomic mass is 10.1. The lowest BCUT2D eigenvalue weighted by Crippen LogP contribution is -2.30. The molecule has 0 bridgehead atoms. The summed E-state index contributed by atoms with van der Waals surface area (Å²) in [5.74, 6) is 0.0118. The zero-order chi connectivity index (χ0) is 13.7. The average molecular weight is 322 g/mol. The number of benzene rings is 1. The SMILES string of the molecule is CCC(Br)C(=O)NCc1ccccc1-n1cccn1. The van der Waals surface area contributed by atoms with E-state index in [9.17, 15) is 4.79 Å². The fourth-order valence-electron chi connectivity index (χ4n) is 1.77. The van der Waals surface area contributed by atoms with E-state index in [1.807, 2.05) is 43.5 Å². The van der Waals surface area contributed by atoms with Crippen LogP contribution in [0.1, 0.15) is 18.9 Å². The molecule has 0 spiro atoms. The Labute approximate surface area is 120 Å². The topological polar surface area (TPSA) is 46.9 Å². The lowest BCUT2D eigenvalue weighted by molar-refractivity contribution is -0.120. The van der Waals surface area contributed by atoms with Gasteiger partial charge in [0.25, 0.3) is 0 Å². The molecule has 1 aromatic heterocycles. The van der Waals surface area contributed by atoms with Crippen LogP contribution in [0.15, 0.2) is 42.7 Å². The van der Waals surface area contributed by atoms with Crippen LogP contribution in [0.2, 0.25) is 0 Å². The zero-order valence-corrected chi connectivity index (χ0v) is 12.3. The number of halogens is 1. The van der Waals surface area contributed by atoms with Crippen LogP contribution in [0.4, 0.5) is 0 Å². The predicted octanol–water partition coefficient (Wildman–Crippen LogP) is 2.66. The molecule has 100 valence electrons. The maximum atomic E-state index is 11.8. The summed E-state index contributed by atoms with van der Waals surface area (Å²) in [6.45, 7) is 2.47. The molecule has 1 heterocycles. The number of alkyl halides is 1. The van der Waals surface area contributed by atoms with Crippen LogP contribution in [-0.4, -0.2) is 20.5 Å². The maximum Gasteiger partial charge on any atom is 0.234 e. The highest BCUT2D eigenvalue weighted by Gasteiger charge is 2.12. The second-order valence-corrected chi connectivity index (χ2v) is 5.28. The van der Waals surface area contributed by atoms with Crippen molar-refractivity contribution in [2.24, 2.45) is 0 Å². The number of para-hydroxylation sites is 1. The van der Waals surface area contributed by atoms with Crippen LogP contribution in [0, 0.1) is 0 Å². The van der Waals surface area contributed by atoms with Crippen LogP contribution in [0.3, 0.4) is 0 Å². The molecule has 0 fully saturated rings. The largest absolute Gasteiger partial charge is 0.351 e. The Kier molecular flexibility index (Phi) is 4.74. The van der Waals surface area contributed by atoms with E-state index >= 15 is 0 Å². The summed E-state index contributed by atoms with van der Waals surface area (Å²) in [5.41, 5.74) is 2.02. The summed E-state index contributed by atoms with van der Waals surface area (Å²) in [4.78, 5) is 11.6. The molecule has 0 radical (unpaired) electrons. The molecular weight excluding hydrogens is 306 g/mol. The molecule has 19 heavy (non-hydrogen) atoms. The van der Waals surface area contributed by atoms with Crippen molar-refractivity contribution in [1.82, 2.24) is 15.1 Å². The Balaban J connectivity index is 2.11. The van der Waals surface area contributed by atoms with Crippen molar-refractivity contribution in [2.75, 3.05) is 0 Å². The van der Waals surface area contributed by atoms with Gasteiger partial charge in [0.05, 0.1) is 10.5 Å². The van der Waals surface area contributed by atoms with Crippen molar-refractivity contribution >= 4 is 21.8 Å². The number of carbonyl (C=O) groups excluding carboxylic acids is 1. The Morgan fingerprint density at radius 2 is 2.21 bits per heavy atom. The minimum Gasteiger partial charge on any atom is -0.351 e. The number of hydrogen-bond acceptors (Lipinski definition) is 2. The van der Waals surface area contributed by atoms with Gasteiger partial charge in [-0.1, -0.05) is 41.1 Å². The first kappa shape index (κ1) is 13.8. The van der Waals surface area contributed by atoms with Gasteiger partial charge in [0.1, 0.15) is 0 Å². The van der Waals surface area contributed by atoms with Gasteiger partial charge in [0, 0.05) is 18.9 Å². The van der Waals surface area contributed by atoms with Crippen molar-refractivity contribution in [3.8, 4) is 5.69 Å². The van der Waals surface area contributed by atoms with E-state index in [2.05, 4.69) is 26.3 Å². The normalized spacial score (nSPS) is 12.1. The summed E-state index contributed by atoms with van der Waals surface area (Å²) >= 11 is 3.34. The molecule has 1 N–H and O–H groups in total. The van der Waals surface area contributed by atoms with E-state index in [1.165, 1.54) is 0 Å². The first-order valence-corrected chi connectivity index (χ1v) is 7.13. The molecule has 0 saturated heterocycles. The Bertz CT molecular complexity index is 539. The second kappa shape index (κ2) is 6.52. The van der Waals surface area contributed by atoms with Crippen molar-refractivity contribution in [3.05, 3.63) is 48.3 Å². The second-order valence-electron chi connectivity index (χ2n) is 4.17. The highest BCUT2D eigenvalue weighted by atomic mass is 79.9. The quantitative estimate of drug-likeness (QED) is 0.861. The molecule has 0 saturated carbocycles. The highest BCUT2D eigenvalue weighted by Crippen LogP contribution is 2.13. The number of nitrogens with zero attached hydrogens (tertiary/aromatic N) is 2. The van der Waals surface area contributed by atoms with Gasteiger partial charge in [-0.25, -0.2) is 4.68 Å². The molecule has 1 atom stereocenters. The standard InChI is InChI=1S/C14H16BrN3O/c1-2-12(15)14(19)16-10-11-6-3-4-7-13(11)18-9-5-8-17-18/h3-9,12H,2,10H2,1H3,(H,16,19). The van der Waals surface area contributed by atoms with Gasteiger partial charge < -0.3 is 5.32 Å². The molecule has 2 rings (SSSR count). The van der Waals surface area contributed by atoms with Crippen molar-refractivity contribution < 1.29 is 4.79 Å². The smallest absolute Gasteiger partial charge is 0.234 e. The molecule has 2 aromatic rings. The Morgan fingerprint density at radius 3 is 2.89 bits per heavy atom. The third-order valence-electron chi connectivity index (χ3n) is 2.84. The van der Waals surface area contributed by atoms with Crippen LogP contribution in [0.5, 0.6) is 0 Å². The van der Waals surface area contributed by atoms with Crippen molar-refractivity contribution in [1.29, 1.82) is 0 Å². The summed E-state index contributed by atoms with van der Waals surface area (Å²) in [5, 5.41) is 7.15. The lowest BCUT2D eigenvalue weighted by Gasteiger charge is -2.12. The summed E-state index contributed by atoms with van der Waals surface area (Å²) in [6.07, 6.45) is 4.40. The zero-order valence-electron chi connectivity index (χ0n) is 10.7. The van der Waals surface area contributed by atoms with E-state index in [0.29, 0.717) is 6.54 Å². The van der Waals surface area contributed by atoms with Gasteiger partial charge in [-0.3, -0.25) is 4.79 Å². The monoisotopic (exact) mass is 321 g/mol. The van der Waals surface area contributed by atoms with E-state index in [4.69, 9.17) is 0 Å². The van der Waals surface area contributed by atoms with E-state index in [0.717, 1.165) is 17.7 Å². The third-order valence-corrected chi connectivity index (χ3v) is 3.90. The summed E-state index contributed by atoms with van der Waals surface area (Å²) in [7, 11) is 0. The molecular formula is C14H16BrN3O. The van der Waals surface area contributed by atoms with Crippen LogP contribution < -0.4 is 5.32 Å². The Morgan fingerprint density at radius 1 is 1.42 bits per heavy atom. The molecule has 0 aliphatic rings. The molecule has 1 amide bonds. The summed E-state index contributed by atoms with van der Waals surface area (Å²) in [6, 6.07) is 9.77. The van der Waals surface area contributed by atoms with E-state index in [-0.39, 0.29) is 10.7 Å². The van der Waals surface area contributed by atoms with Crippen molar-refractivity contribution in [2.45, 2.75) is 24.7 Å². The molecule has 0 aliphatic heterocycles. The number of aromatic nitrogens is 2. The number of nitrogens with one attached hydrogen (secondary N) is 1. The van der Waals surface area contributed by atoms with Gasteiger partial charge in [-0.15, -0.1) is 0 Å². The minimum absolute atomic E-state index is 0.0118. The van der Waals surface area contributed by atoms with E-state index in [1.54, 1.807) is 10.9 Å². The highest BCUT2D eigenvalue weighted by molar-refractivity contribution is 9.10. The molecule has 5 heteroatoms. The summed E-state index contributed by atoms with van der Waals surface area (Å²) < 4.78 is 1.80. The number of rotatable bonds is 5. The fourth-order valence-corrected chi connectivity index (χ4v) is 1.94. The molecule has 1 aromatic carbocycles.